The molecule has 3 heterocycles. The number of rotatable bonds is 7. The second-order valence-corrected chi connectivity index (χ2v) is 9.15. The zero-order chi connectivity index (χ0) is 25.3. The molecule has 35 heavy (non-hydrogen) atoms. The molecule has 13 heteroatoms. The predicted octanol–water partition coefficient (Wildman–Crippen LogP) is 3.64. The third kappa shape index (κ3) is 5.04. The number of ether oxygens (including phenoxy) is 1. The van der Waals surface area contributed by atoms with Gasteiger partial charge in [-0.15, -0.1) is 11.3 Å². The first-order valence-electron chi connectivity index (χ1n) is 10.6. The average Bonchev–Trinajstić information content (AvgIpc) is 3.41. The number of likely N-dealkylation sites (tertiary alicyclic amines) is 1. The smallest absolute Gasteiger partial charge is 0.338 e. The number of hydrogen-bond acceptors (Lipinski definition) is 8. The third-order valence-electron chi connectivity index (χ3n) is 5.61. The maximum Gasteiger partial charge on any atom is 0.338 e. The van der Waals surface area contributed by atoms with E-state index >= 15 is 0 Å². The molecule has 2 aliphatic rings. The summed E-state index contributed by atoms with van der Waals surface area (Å²) in [5, 5.41) is 14.6. The number of alkyl halides is 2. The summed E-state index contributed by atoms with van der Waals surface area (Å²) in [6.45, 7) is 1.07. The fourth-order valence-electron chi connectivity index (χ4n) is 4.10. The van der Waals surface area contributed by atoms with Crippen LogP contribution in [0.15, 0.2) is 46.0 Å². The van der Waals surface area contributed by atoms with E-state index in [9.17, 15) is 27.9 Å². The Balaban J connectivity index is 1.85. The highest BCUT2D eigenvalue weighted by Gasteiger charge is 2.53. The number of halogens is 4. The number of carboxylic acid groups (broad SMARTS) is 1. The van der Waals surface area contributed by atoms with Crippen LogP contribution in [0.1, 0.15) is 30.0 Å². The number of amidine groups is 1. The first kappa shape index (κ1) is 25.1. The van der Waals surface area contributed by atoms with Crippen molar-refractivity contribution >= 4 is 40.7 Å². The van der Waals surface area contributed by atoms with E-state index in [4.69, 9.17) is 16.3 Å². The Morgan fingerprint density at radius 3 is 2.80 bits per heavy atom. The van der Waals surface area contributed by atoms with E-state index in [0.717, 1.165) is 17.0 Å². The molecular weight excluding hydrogens is 509 g/mol. The SMILES string of the molecule is CCOC(=O)C1=C(CN2CCC(F)(F)C2C(=O)O)NC(c2nccs2)=NC1c1ccc(F)cc1Cl. The van der Waals surface area contributed by atoms with Crippen LogP contribution in [0, 0.1) is 5.82 Å². The van der Waals surface area contributed by atoms with Crippen LogP contribution in [0.4, 0.5) is 13.2 Å². The van der Waals surface area contributed by atoms with Crippen LogP contribution in [-0.2, 0) is 14.3 Å². The minimum atomic E-state index is -3.45. The summed E-state index contributed by atoms with van der Waals surface area (Å²) in [4.78, 5) is 34.6. The Bertz CT molecular complexity index is 1210. The van der Waals surface area contributed by atoms with Gasteiger partial charge in [-0.2, -0.15) is 0 Å². The van der Waals surface area contributed by atoms with Crippen LogP contribution in [0.3, 0.4) is 0 Å². The zero-order valence-electron chi connectivity index (χ0n) is 18.3. The number of thiazole rings is 1. The highest BCUT2D eigenvalue weighted by Crippen LogP contribution is 2.39. The Morgan fingerprint density at radius 2 is 2.17 bits per heavy atom. The van der Waals surface area contributed by atoms with E-state index in [2.05, 4.69) is 15.3 Å². The van der Waals surface area contributed by atoms with Crippen molar-refractivity contribution in [2.24, 2.45) is 4.99 Å². The van der Waals surface area contributed by atoms with Gasteiger partial charge in [-0.25, -0.2) is 22.9 Å². The van der Waals surface area contributed by atoms with Crippen molar-refractivity contribution in [3.8, 4) is 0 Å². The van der Waals surface area contributed by atoms with Gasteiger partial charge in [-0.05, 0) is 19.1 Å². The van der Waals surface area contributed by atoms with E-state index in [1.165, 1.54) is 23.6 Å². The van der Waals surface area contributed by atoms with E-state index in [1.807, 2.05) is 0 Å². The lowest BCUT2D eigenvalue weighted by molar-refractivity contribution is -0.152. The Hall–Kier alpha value is -2.96. The largest absolute Gasteiger partial charge is 0.480 e. The first-order chi connectivity index (χ1) is 16.6. The maximum absolute atomic E-state index is 14.3. The molecule has 1 fully saturated rings. The van der Waals surface area contributed by atoms with Crippen molar-refractivity contribution in [2.45, 2.75) is 31.4 Å². The van der Waals surface area contributed by atoms with Gasteiger partial charge in [0.15, 0.2) is 16.9 Å². The summed E-state index contributed by atoms with van der Waals surface area (Å²) in [5.74, 6) is -6.28. The highest BCUT2D eigenvalue weighted by molar-refractivity contribution is 7.11. The summed E-state index contributed by atoms with van der Waals surface area (Å²) in [5.41, 5.74) is 0.365. The lowest BCUT2D eigenvalue weighted by Gasteiger charge is -2.31. The van der Waals surface area contributed by atoms with E-state index in [1.54, 1.807) is 12.3 Å². The molecule has 0 amide bonds. The van der Waals surface area contributed by atoms with Crippen molar-refractivity contribution in [3.63, 3.8) is 0 Å². The van der Waals surface area contributed by atoms with Gasteiger partial charge in [0.1, 0.15) is 11.9 Å². The van der Waals surface area contributed by atoms with Crippen molar-refractivity contribution in [1.82, 2.24) is 15.2 Å². The lowest BCUT2D eigenvalue weighted by Crippen LogP contribution is -2.48. The first-order valence-corrected chi connectivity index (χ1v) is 11.8. The summed E-state index contributed by atoms with van der Waals surface area (Å²) in [6.07, 6.45) is 0.891. The molecule has 186 valence electrons. The molecule has 1 aromatic heterocycles. The van der Waals surface area contributed by atoms with Crippen LogP contribution < -0.4 is 5.32 Å². The summed E-state index contributed by atoms with van der Waals surface area (Å²) >= 11 is 7.54. The Kier molecular flexibility index (Phi) is 7.15. The second kappa shape index (κ2) is 9.96. The number of carbonyl (C=O) groups excluding carboxylic acids is 1. The molecule has 2 aliphatic heterocycles. The third-order valence-corrected chi connectivity index (χ3v) is 6.71. The van der Waals surface area contributed by atoms with Crippen molar-refractivity contribution in [3.05, 3.63) is 62.5 Å². The number of aliphatic imine (C=N–C) groups is 1. The van der Waals surface area contributed by atoms with Gasteiger partial charge < -0.3 is 15.2 Å². The fourth-order valence-corrected chi connectivity index (χ4v) is 4.96. The minimum Gasteiger partial charge on any atom is -0.480 e. The topological polar surface area (TPSA) is 104 Å². The molecule has 2 atom stereocenters. The lowest BCUT2D eigenvalue weighted by atomic mass is 9.95. The van der Waals surface area contributed by atoms with Crippen LogP contribution >= 0.6 is 22.9 Å². The van der Waals surface area contributed by atoms with Crippen LogP contribution in [0.2, 0.25) is 5.02 Å². The molecule has 2 unspecified atom stereocenters. The van der Waals surface area contributed by atoms with Gasteiger partial charge in [-0.3, -0.25) is 14.7 Å². The number of aromatic nitrogens is 1. The maximum atomic E-state index is 14.3. The summed E-state index contributed by atoms with van der Waals surface area (Å²) in [6, 6.07) is 0.448. The fraction of sp³-hybridized carbons (Fsp3) is 0.364. The predicted molar refractivity (Wildman–Crippen MR) is 122 cm³/mol. The van der Waals surface area contributed by atoms with Gasteiger partial charge in [0, 0.05) is 47.4 Å². The molecule has 2 aromatic rings. The quantitative estimate of drug-likeness (QED) is 0.529. The van der Waals surface area contributed by atoms with Crippen molar-refractivity contribution < 1.29 is 32.6 Å². The van der Waals surface area contributed by atoms with Gasteiger partial charge in [0.2, 0.25) is 0 Å². The number of benzene rings is 1. The molecule has 0 bridgehead atoms. The van der Waals surface area contributed by atoms with Gasteiger partial charge >= 0.3 is 11.9 Å². The molecule has 4 rings (SSSR count). The highest BCUT2D eigenvalue weighted by atomic mass is 35.5. The number of carboxylic acids is 1. The molecule has 0 radical (unpaired) electrons. The Morgan fingerprint density at radius 1 is 1.40 bits per heavy atom. The van der Waals surface area contributed by atoms with Gasteiger partial charge in [-0.1, -0.05) is 17.7 Å². The molecule has 0 spiro atoms. The molecule has 2 N–H and O–H groups in total. The molecule has 0 aliphatic carbocycles. The molecule has 1 saturated heterocycles. The van der Waals surface area contributed by atoms with Crippen LogP contribution in [0.25, 0.3) is 0 Å². The van der Waals surface area contributed by atoms with Crippen molar-refractivity contribution in [1.29, 1.82) is 0 Å². The molecule has 8 nitrogen and oxygen atoms in total. The van der Waals surface area contributed by atoms with E-state index in [-0.39, 0.29) is 47.4 Å². The minimum absolute atomic E-state index is 0.00333. The van der Waals surface area contributed by atoms with Crippen LogP contribution in [0.5, 0.6) is 0 Å². The number of hydrogen-bond donors (Lipinski definition) is 2. The molecular formula is C22H20ClF3N4O4S. The van der Waals surface area contributed by atoms with Crippen LogP contribution in [-0.4, -0.2) is 64.4 Å². The Labute approximate surface area is 207 Å². The average molecular weight is 529 g/mol. The standard InChI is InChI=1S/C22H20ClF3N4O4S/c1-2-34-21(33)15-14(10-30-7-5-22(25,26)17(30)20(31)32)28-18(19-27-6-8-35-19)29-16(15)12-4-3-11(24)9-13(12)23/h3-4,6,8-9,16-17H,2,5,7,10H2,1H3,(H,28,29)(H,31,32). The second-order valence-electron chi connectivity index (χ2n) is 7.84. The monoisotopic (exact) mass is 528 g/mol. The van der Waals surface area contributed by atoms with Gasteiger partial charge in [0.25, 0.3) is 5.92 Å². The number of esters is 1. The number of nitrogens with zero attached hydrogens (tertiary/aromatic N) is 3. The molecule has 0 saturated carbocycles. The summed E-state index contributed by atoms with van der Waals surface area (Å²) in [7, 11) is 0. The zero-order valence-corrected chi connectivity index (χ0v) is 19.9. The normalized spacial score (nSPS) is 22.0. The number of nitrogens with one attached hydrogen (secondary N) is 1. The van der Waals surface area contributed by atoms with Crippen molar-refractivity contribution in [2.75, 3.05) is 19.7 Å². The number of aliphatic carboxylic acids is 1. The van der Waals surface area contributed by atoms with E-state index < -0.39 is 42.2 Å². The summed E-state index contributed by atoms with van der Waals surface area (Å²) < 4.78 is 47.6. The molecule has 1 aromatic carbocycles. The number of carbonyl (C=O) groups is 2. The van der Waals surface area contributed by atoms with Gasteiger partial charge in [0.05, 0.1) is 12.2 Å². The van der Waals surface area contributed by atoms with E-state index in [0.29, 0.717) is 5.01 Å².